The Balaban J connectivity index is 0.000000308. The van der Waals surface area contributed by atoms with Crippen LogP contribution in [0.5, 0.6) is 11.5 Å². The van der Waals surface area contributed by atoms with Crippen molar-refractivity contribution in [1.82, 2.24) is 9.97 Å². The van der Waals surface area contributed by atoms with Crippen molar-refractivity contribution in [2.24, 2.45) is 0 Å². The molecule has 1 aliphatic heterocycles. The lowest BCUT2D eigenvalue weighted by molar-refractivity contribution is -0.147. The summed E-state index contributed by atoms with van der Waals surface area (Å²) in [7, 11) is 2.52. The molecule has 0 saturated heterocycles. The van der Waals surface area contributed by atoms with Crippen molar-refractivity contribution in [3.8, 4) is 11.5 Å². The monoisotopic (exact) mass is 614 g/mol. The van der Waals surface area contributed by atoms with E-state index in [1.54, 1.807) is 24.4 Å². The molecule has 3 rings (SSSR count). The van der Waals surface area contributed by atoms with E-state index in [-0.39, 0.29) is 26.1 Å². The van der Waals surface area contributed by atoms with Crippen LogP contribution in [0.25, 0.3) is 0 Å². The predicted octanol–water partition coefficient (Wildman–Crippen LogP) is 2.86. The average molecular weight is 615 g/mol. The standard InChI is InChI=1S/C16H20N2O5.C14H18N2O5/c1-4-8-22-13-6-7-17-11-12(13)18-16(20)14(23-9-5-2)10-15(19)21-3;1-19-13(17)8-12-14(18)16-10-9-15-5-4-11(10)20-6-2-3-7-21-12/h4-7,11,14H,1-2,8-10H2,3H3,(H,18,20);4-5,9,12H,2-3,6-8H2,1H3,(H,16,18). The quantitative estimate of drug-likeness (QED) is 0.265. The summed E-state index contributed by atoms with van der Waals surface area (Å²) in [6.07, 6.45) is 8.45. The van der Waals surface area contributed by atoms with Gasteiger partial charge in [0.2, 0.25) is 0 Å². The van der Waals surface area contributed by atoms with Gasteiger partial charge in [-0.25, -0.2) is 0 Å². The van der Waals surface area contributed by atoms with E-state index >= 15 is 0 Å². The minimum absolute atomic E-state index is 0.126. The van der Waals surface area contributed by atoms with E-state index < -0.39 is 36.0 Å². The number of aromatic nitrogens is 2. The first-order valence-electron chi connectivity index (χ1n) is 13.7. The largest absolute Gasteiger partial charge is 0.491 e. The van der Waals surface area contributed by atoms with Gasteiger partial charge >= 0.3 is 11.9 Å². The van der Waals surface area contributed by atoms with Gasteiger partial charge in [0.1, 0.15) is 41.7 Å². The molecule has 0 aromatic carbocycles. The number of pyridine rings is 2. The first-order chi connectivity index (χ1) is 21.3. The van der Waals surface area contributed by atoms with Crippen molar-refractivity contribution in [2.45, 2.75) is 37.9 Å². The molecule has 0 bridgehead atoms. The van der Waals surface area contributed by atoms with Crippen molar-refractivity contribution in [3.63, 3.8) is 0 Å². The van der Waals surface area contributed by atoms with Crippen molar-refractivity contribution in [3.05, 3.63) is 62.2 Å². The van der Waals surface area contributed by atoms with Crippen molar-refractivity contribution in [1.29, 1.82) is 0 Å². The molecule has 2 aromatic rings. The van der Waals surface area contributed by atoms with Gasteiger partial charge in [0.25, 0.3) is 11.8 Å². The van der Waals surface area contributed by atoms with Crippen LogP contribution in [-0.2, 0) is 38.1 Å². The van der Waals surface area contributed by atoms with Crippen molar-refractivity contribution < 1.29 is 47.6 Å². The van der Waals surface area contributed by atoms with Gasteiger partial charge in [-0.15, -0.1) is 6.58 Å². The zero-order valence-electron chi connectivity index (χ0n) is 24.8. The van der Waals surface area contributed by atoms with E-state index in [2.05, 4.69) is 43.2 Å². The Kier molecular flexibility index (Phi) is 16.2. The number of hydrogen-bond acceptors (Lipinski definition) is 12. The molecule has 2 atom stereocenters. The molecule has 14 nitrogen and oxygen atoms in total. The number of carbonyl (C=O) groups is 4. The molecule has 2 N–H and O–H groups in total. The molecule has 2 aromatic heterocycles. The van der Waals surface area contributed by atoms with Gasteiger partial charge in [-0.05, 0) is 12.8 Å². The van der Waals surface area contributed by atoms with E-state index in [4.69, 9.17) is 18.9 Å². The second-order valence-corrected chi connectivity index (χ2v) is 8.91. The lowest BCUT2D eigenvalue weighted by Gasteiger charge is -2.17. The third kappa shape index (κ3) is 12.6. The number of anilines is 2. The smallest absolute Gasteiger partial charge is 0.308 e. The Morgan fingerprint density at radius 3 is 2.48 bits per heavy atom. The van der Waals surface area contributed by atoms with Gasteiger partial charge in [-0.3, -0.25) is 29.1 Å². The molecular formula is C30H38N4O10. The number of esters is 2. The summed E-state index contributed by atoms with van der Waals surface area (Å²) in [6.45, 7) is 8.39. The molecule has 0 fully saturated rings. The molecule has 2 unspecified atom stereocenters. The summed E-state index contributed by atoms with van der Waals surface area (Å²) in [6, 6.07) is 3.29. The Hall–Kier alpha value is -4.82. The highest BCUT2D eigenvalue weighted by molar-refractivity contribution is 5.98. The second kappa shape index (κ2) is 20.1. The van der Waals surface area contributed by atoms with Crippen LogP contribution >= 0.6 is 0 Å². The van der Waals surface area contributed by atoms with Crippen molar-refractivity contribution in [2.75, 3.05) is 51.3 Å². The fourth-order valence-electron chi connectivity index (χ4n) is 3.50. The summed E-state index contributed by atoms with van der Waals surface area (Å²) >= 11 is 0. The molecule has 0 spiro atoms. The Labute approximate surface area is 255 Å². The van der Waals surface area contributed by atoms with Gasteiger partial charge in [-0.1, -0.05) is 18.7 Å². The first-order valence-corrected chi connectivity index (χ1v) is 13.7. The van der Waals surface area contributed by atoms with Gasteiger partial charge in [0.05, 0.1) is 52.7 Å². The van der Waals surface area contributed by atoms with Crippen LogP contribution < -0.4 is 20.1 Å². The predicted molar refractivity (Wildman–Crippen MR) is 159 cm³/mol. The summed E-state index contributed by atoms with van der Waals surface area (Å²) in [5, 5.41) is 5.31. The highest BCUT2D eigenvalue weighted by Crippen LogP contribution is 2.25. The normalized spacial score (nSPS) is 15.1. The van der Waals surface area contributed by atoms with E-state index in [1.165, 1.54) is 38.9 Å². The van der Waals surface area contributed by atoms with Crippen LogP contribution in [0.1, 0.15) is 25.7 Å². The number of hydrogen-bond donors (Lipinski definition) is 2. The number of rotatable bonds is 12. The van der Waals surface area contributed by atoms with Crippen LogP contribution in [0.2, 0.25) is 0 Å². The molecule has 14 heteroatoms. The summed E-state index contributed by atoms with van der Waals surface area (Å²) in [5.74, 6) is -0.976. The fraction of sp³-hybridized carbons (Fsp3) is 0.400. The number of nitrogens with zero attached hydrogens (tertiary/aromatic N) is 2. The average Bonchev–Trinajstić information content (AvgIpc) is 3.07. The number of fused-ring (bicyclic) bond motifs is 1. The Bertz CT molecular complexity index is 1260. The van der Waals surface area contributed by atoms with E-state index in [0.717, 1.165) is 12.8 Å². The molecular weight excluding hydrogens is 576 g/mol. The van der Waals surface area contributed by atoms with Gasteiger partial charge in [-0.2, -0.15) is 0 Å². The SMILES string of the molecule is C=CCOc1ccncc1NC(=O)C(CC(=O)OC)OCC=C.COC(=O)CC1OCCCCOc2ccncc2NC1=O. The minimum Gasteiger partial charge on any atom is -0.491 e. The molecule has 0 aliphatic carbocycles. The topological polar surface area (TPSA) is 174 Å². The second-order valence-electron chi connectivity index (χ2n) is 8.91. The van der Waals surface area contributed by atoms with Crippen molar-refractivity contribution >= 4 is 35.1 Å². The van der Waals surface area contributed by atoms with Gasteiger partial charge in [0, 0.05) is 31.1 Å². The Morgan fingerprint density at radius 1 is 1.05 bits per heavy atom. The van der Waals surface area contributed by atoms with E-state index in [0.29, 0.717) is 36.1 Å². The van der Waals surface area contributed by atoms with E-state index in [9.17, 15) is 19.2 Å². The molecule has 1 aliphatic rings. The van der Waals surface area contributed by atoms with Gasteiger partial charge in [0.15, 0.2) is 0 Å². The number of methoxy groups -OCH3 is 2. The zero-order valence-corrected chi connectivity index (χ0v) is 24.8. The number of amides is 2. The van der Waals surface area contributed by atoms with Crippen LogP contribution in [0.4, 0.5) is 11.4 Å². The maximum absolute atomic E-state index is 12.3. The third-order valence-electron chi connectivity index (χ3n) is 5.71. The third-order valence-corrected chi connectivity index (χ3v) is 5.71. The van der Waals surface area contributed by atoms with Crippen LogP contribution in [0.3, 0.4) is 0 Å². The molecule has 0 radical (unpaired) electrons. The van der Waals surface area contributed by atoms with E-state index in [1.807, 2.05) is 0 Å². The minimum atomic E-state index is -1.01. The molecule has 44 heavy (non-hydrogen) atoms. The first kappa shape index (κ1) is 35.4. The molecule has 3 heterocycles. The van der Waals surface area contributed by atoms with Crippen LogP contribution in [0, 0.1) is 0 Å². The maximum Gasteiger partial charge on any atom is 0.308 e. The lowest BCUT2D eigenvalue weighted by atomic mass is 10.2. The fourth-order valence-corrected chi connectivity index (χ4v) is 3.50. The highest BCUT2D eigenvalue weighted by Gasteiger charge is 2.25. The lowest BCUT2D eigenvalue weighted by Crippen LogP contribution is -2.33. The van der Waals surface area contributed by atoms with Gasteiger partial charge < -0.3 is 39.1 Å². The number of nitrogens with one attached hydrogen (secondary N) is 2. The highest BCUT2D eigenvalue weighted by atomic mass is 16.5. The summed E-state index contributed by atoms with van der Waals surface area (Å²) in [4.78, 5) is 55.2. The zero-order chi connectivity index (χ0) is 32.2. The summed E-state index contributed by atoms with van der Waals surface area (Å²) < 4.78 is 31.0. The Morgan fingerprint density at radius 2 is 1.75 bits per heavy atom. The van der Waals surface area contributed by atoms with Crippen LogP contribution in [-0.4, -0.2) is 86.6 Å². The molecule has 2 amide bonds. The van der Waals surface area contributed by atoms with Crippen LogP contribution in [0.15, 0.2) is 62.2 Å². The summed E-state index contributed by atoms with van der Waals surface area (Å²) in [5.41, 5.74) is 0.833. The number of carbonyl (C=O) groups excluding carboxylic acids is 4. The number of ether oxygens (including phenoxy) is 6. The molecule has 0 saturated carbocycles. The molecule has 238 valence electrons. The maximum atomic E-state index is 12.3.